The molecule has 0 aliphatic rings. The fourth-order valence-electron chi connectivity index (χ4n) is 1.02. The second kappa shape index (κ2) is 6.32. The van der Waals surface area contributed by atoms with Crippen molar-refractivity contribution in [2.75, 3.05) is 13.0 Å². The van der Waals surface area contributed by atoms with Gasteiger partial charge in [-0.2, -0.15) is 0 Å². The van der Waals surface area contributed by atoms with Crippen molar-refractivity contribution in [1.82, 2.24) is 10.2 Å². The molecule has 0 amide bonds. The van der Waals surface area contributed by atoms with Crippen molar-refractivity contribution in [2.24, 2.45) is 0 Å². The molecular weight excluding hydrogens is 220 g/mol. The largest absolute Gasteiger partial charge is 0.382 e. The van der Waals surface area contributed by atoms with Crippen LogP contribution in [0.2, 0.25) is 0 Å². The average molecular weight is 235 g/mol. The molecule has 5 heteroatoms. The molecule has 0 saturated carbocycles. The summed E-state index contributed by atoms with van der Waals surface area (Å²) < 4.78 is 5.16. The Hall–Kier alpha value is -0.190. The second-order valence-electron chi connectivity index (χ2n) is 3.11. The Labute approximate surface area is 93.5 Å². The number of alkyl halides is 1. The third-order valence-corrected chi connectivity index (χ3v) is 3.22. The zero-order valence-corrected chi connectivity index (χ0v) is 10.1. The highest BCUT2D eigenvalue weighted by molar-refractivity contribution is 7.11. The molecule has 1 unspecified atom stereocenters. The molecule has 0 spiro atoms. The van der Waals surface area contributed by atoms with Gasteiger partial charge in [-0.25, -0.2) is 0 Å². The highest BCUT2D eigenvalue weighted by Crippen LogP contribution is 2.13. The summed E-state index contributed by atoms with van der Waals surface area (Å²) in [6, 6.07) is 0. The average Bonchev–Trinajstić information content (AvgIpc) is 2.63. The van der Waals surface area contributed by atoms with Crippen molar-refractivity contribution in [3.05, 3.63) is 10.0 Å². The summed E-state index contributed by atoms with van der Waals surface area (Å²) in [5.74, 6) is 0.614. The highest BCUT2D eigenvalue weighted by atomic mass is 35.5. The Morgan fingerprint density at radius 2 is 2.00 bits per heavy atom. The van der Waals surface area contributed by atoms with Gasteiger partial charge in [-0.05, 0) is 13.3 Å². The van der Waals surface area contributed by atoms with Crippen LogP contribution in [0, 0.1) is 0 Å². The molecule has 3 nitrogen and oxygen atoms in total. The molecule has 0 N–H and O–H groups in total. The maximum Gasteiger partial charge on any atom is 0.118 e. The van der Waals surface area contributed by atoms with E-state index < -0.39 is 0 Å². The first-order chi connectivity index (χ1) is 6.76. The number of rotatable bonds is 6. The van der Waals surface area contributed by atoms with Gasteiger partial charge < -0.3 is 4.74 Å². The van der Waals surface area contributed by atoms with Crippen LogP contribution in [-0.2, 0) is 17.6 Å². The molecule has 0 bridgehead atoms. The Morgan fingerprint density at radius 3 is 2.57 bits per heavy atom. The topological polar surface area (TPSA) is 35.0 Å². The molecule has 0 aliphatic heterocycles. The third kappa shape index (κ3) is 3.90. The molecule has 1 heterocycles. The summed E-state index contributed by atoms with van der Waals surface area (Å²) in [6.07, 6.45) is 3.04. The molecule has 1 aromatic rings. The SMILES string of the molecule is COC(C)CCc1nnc(CCCl)s1. The zero-order valence-electron chi connectivity index (χ0n) is 8.49. The van der Waals surface area contributed by atoms with E-state index in [4.69, 9.17) is 16.3 Å². The smallest absolute Gasteiger partial charge is 0.118 e. The van der Waals surface area contributed by atoms with E-state index in [1.165, 1.54) is 0 Å². The first-order valence-electron chi connectivity index (χ1n) is 4.66. The van der Waals surface area contributed by atoms with Gasteiger partial charge in [0.05, 0.1) is 6.10 Å². The van der Waals surface area contributed by atoms with Crippen LogP contribution in [0.15, 0.2) is 0 Å². The molecular formula is C9H15ClN2OS. The number of hydrogen-bond donors (Lipinski definition) is 0. The molecule has 0 aromatic carbocycles. The van der Waals surface area contributed by atoms with Crippen LogP contribution in [-0.4, -0.2) is 29.3 Å². The zero-order chi connectivity index (χ0) is 10.4. The molecule has 0 aliphatic carbocycles. The number of ether oxygens (including phenoxy) is 1. The van der Waals surface area contributed by atoms with Crippen molar-refractivity contribution in [3.8, 4) is 0 Å². The van der Waals surface area contributed by atoms with Crippen molar-refractivity contribution < 1.29 is 4.74 Å². The van der Waals surface area contributed by atoms with Crippen LogP contribution in [0.1, 0.15) is 23.4 Å². The van der Waals surface area contributed by atoms with E-state index in [-0.39, 0.29) is 6.10 Å². The quantitative estimate of drug-likeness (QED) is 0.709. The van der Waals surface area contributed by atoms with Crippen LogP contribution in [0.4, 0.5) is 0 Å². The summed E-state index contributed by atoms with van der Waals surface area (Å²) in [7, 11) is 1.73. The maximum absolute atomic E-state index is 5.61. The summed E-state index contributed by atoms with van der Waals surface area (Å²) in [5, 5.41) is 10.3. The Morgan fingerprint density at radius 1 is 1.36 bits per heavy atom. The Kier molecular flexibility index (Phi) is 5.37. The third-order valence-electron chi connectivity index (χ3n) is 1.98. The Bertz CT molecular complexity index is 267. The number of aryl methyl sites for hydroxylation is 2. The van der Waals surface area contributed by atoms with Crippen molar-refractivity contribution in [3.63, 3.8) is 0 Å². The van der Waals surface area contributed by atoms with E-state index in [0.29, 0.717) is 5.88 Å². The predicted octanol–water partition coefficient (Wildman–Crippen LogP) is 2.29. The van der Waals surface area contributed by atoms with Crippen LogP contribution in [0.5, 0.6) is 0 Å². The van der Waals surface area contributed by atoms with Gasteiger partial charge >= 0.3 is 0 Å². The number of aromatic nitrogens is 2. The standard InChI is InChI=1S/C9H15ClN2OS/c1-7(13-2)3-4-8-11-12-9(14-8)5-6-10/h7H,3-6H2,1-2H3. The lowest BCUT2D eigenvalue weighted by Gasteiger charge is -2.06. The van der Waals surface area contributed by atoms with Crippen LogP contribution in [0.25, 0.3) is 0 Å². The second-order valence-corrected chi connectivity index (χ2v) is 4.64. The predicted molar refractivity (Wildman–Crippen MR) is 59.1 cm³/mol. The number of methoxy groups -OCH3 is 1. The van der Waals surface area contributed by atoms with Crippen LogP contribution in [0.3, 0.4) is 0 Å². The van der Waals surface area contributed by atoms with Gasteiger partial charge in [-0.15, -0.1) is 33.1 Å². The van der Waals surface area contributed by atoms with Gasteiger partial charge in [0.2, 0.25) is 0 Å². The van der Waals surface area contributed by atoms with E-state index in [2.05, 4.69) is 17.1 Å². The van der Waals surface area contributed by atoms with Crippen LogP contribution < -0.4 is 0 Å². The van der Waals surface area contributed by atoms with Gasteiger partial charge in [-0.1, -0.05) is 0 Å². The van der Waals surface area contributed by atoms with Gasteiger partial charge in [0, 0.05) is 25.8 Å². The van der Waals surface area contributed by atoms with Gasteiger partial charge in [0.15, 0.2) is 0 Å². The van der Waals surface area contributed by atoms with Crippen molar-refractivity contribution in [2.45, 2.75) is 32.3 Å². The van der Waals surface area contributed by atoms with Crippen molar-refractivity contribution in [1.29, 1.82) is 0 Å². The summed E-state index contributed by atoms with van der Waals surface area (Å²) >= 11 is 7.26. The first kappa shape index (κ1) is 11.9. The Balaban J connectivity index is 2.35. The van der Waals surface area contributed by atoms with Crippen molar-refractivity contribution >= 4 is 22.9 Å². The summed E-state index contributed by atoms with van der Waals surface area (Å²) in [4.78, 5) is 0. The highest BCUT2D eigenvalue weighted by Gasteiger charge is 2.06. The number of nitrogens with zero attached hydrogens (tertiary/aromatic N) is 2. The van der Waals surface area contributed by atoms with Gasteiger partial charge in [0.25, 0.3) is 0 Å². The normalized spacial score (nSPS) is 13.1. The van der Waals surface area contributed by atoms with Gasteiger partial charge in [0.1, 0.15) is 10.0 Å². The van der Waals surface area contributed by atoms with E-state index in [1.54, 1.807) is 18.4 Å². The van der Waals surface area contributed by atoms with Gasteiger partial charge in [-0.3, -0.25) is 0 Å². The minimum absolute atomic E-state index is 0.287. The summed E-state index contributed by atoms with van der Waals surface area (Å²) in [6.45, 7) is 2.06. The van der Waals surface area contributed by atoms with Crippen LogP contribution >= 0.6 is 22.9 Å². The molecule has 0 fully saturated rings. The lowest BCUT2D eigenvalue weighted by atomic mass is 10.2. The fraction of sp³-hybridized carbons (Fsp3) is 0.778. The first-order valence-corrected chi connectivity index (χ1v) is 6.01. The lowest BCUT2D eigenvalue weighted by molar-refractivity contribution is 0.111. The molecule has 1 rings (SSSR count). The molecule has 0 radical (unpaired) electrons. The molecule has 1 atom stereocenters. The van der Waals surface area contributed by atoms with E-state index in [1.807, 2.05) is 0 Å². The minimum atomic E-state index is 0.287. The molecule has 1 aromatic heterocycles. The molecule has 14 heavy (non-hydrogen) atoms. The van der Waals surface area contributed by atoms with E-state index in [9.17, 15) is 0 Å². The lowest BCUT2D eigenvalue weighted by Crippen LogP contribution is -2.05. The monoisotopic (exact) mass is 234 g/mol. The van der Waals surface area contributed by atoms with E-state index in [0.717, 1.165) is 29.3 Å². The molecule has 80 valence electrons. The molecule has 0 saturated heterocycles. The van der Waals surface area contributed by atoms with E-state index >= 15 is 0 Å². The number of halogens is 1. The fourth-order valence-corrected chi connectivity index (χ4v) is 2.17. The maximum atomic E-state index is 5.61. The minimum Gasteiger partial charge on any atom is -0.382 e. The summed E-state index contributed by atoms with van der Waals surface area (Å²) in [5.41, 5.74) is 0. The number of hydrogen-bond acceptors (Lipinski definition) is 4.